The lowest BCUT2D eigenvalue weighted by atomic mass is 9.95. The van der Waals surface area contributed by atoms with Gasteiger partial charge in [0, 0.05) is 5.56 Å². The molecule has 0 spiro atoms. The molecule has 5 rings (SSSR count). The van der Waals surface area contributed by atoms with E-state index in [9.17, 15) is 19.5 Å². The molecule has 1 unspecified atom stereocenters. The minimum atomic E-state index is -1.01. The number of ketones is 1. The number of thiazole rings is 1. The number of benzene rings is 3. The molecule has 0 saturated carbocycles. The van der Waals surface area contributed by atoms with Crippen LogP contribution < -0.4 is 14.4 Å². The lowest BCUT2D eigenvalue weighted by Crippen LogP contribution is -2.29. The summed E-state index contributed by atoms with van der Waals surface area (Å²) >= 11 is 0.958. The smallest absolute Gasteiger partial charge is 0.350 e. The van der Waals surface area contributed by atoms with Crippen molar-refractivity contribution in [1.29, 1.82) is 0 Å². The Bertz CT molecular complexity index is 1730. The fraction of sp³-hybridized carbons (Fsp3) is 0.235. The Kier molecular flexibility index (Phi) is 9.10. The Labute approximate surface area is 259 Å². The molecule has 1 aliphatic rings. The van der Waals surface area contributed by atoms with Gasteiger partial charge in [-0.25, -0.2) is 9.78 Å². The van der Waals surface area contributed by atoms with Crippen molar-refractivity contribution in [2.24, 2.45) is 0 Å². The van der Waals surface area contributed by atoms with E-state index in [0.29, 0.717) is 41.5 Å². The number of nitrogens with zero attached hydrogens (tertiary/aromatic N) is 2. The van der Waals surface area contributed by atoms with E-state index in [1.165, 1.54) is 4.90 Å². The average Bonchev–Trinajstić information content (AvgIpc) is 3.53. The second-order valence-electron chi connectivity index (χ2n) is 10.0. The number of amides is 1. The zero-order valence-electron chi connectivity index (χ0n) is 24.8. The summed E-state index contributed by atoms with van der Waals surface area (Å²) in [5, 5.41) is 11.7. The highest BCUT2D eigenvalue weighted by molar-refractivity contribution is 7.17. The second kappa shape index (κ2) is 13.1. The minimum Gasteiger partial charge on any atom is -0.507 e. The lowest BCUT2D eigenvalue weighted by Gasteiger charge is -2.23. The van der Waals surface area contributed by atoms with E-state index in [2.05, 4.69) is 4.98 Å². The highest BCUT2D eigenvalue weighted by Gasteiger charge is 2.48. The van der Waals surface area contributed by atoms with Gasteiger partial charge in [-0.05, 0) is 80.8 Å². The van der Waals surface area contributed by atoms with E-state index < -0.39 is 23.7 Å². The van der Waals surface area contributed by atoms with Crippen LogP contribution in [0.1, 0.15) is 57.5 Å². The maximum Gasteiger partial charge on any atom is 0.350 e. The Morgan fingerprint density at radius 1 is 0.909 bits per heavy atom. The van der Waals surface area contributed by atoms with E-state index in [-0.39, 0.29) is 27.9 Å². The number of hydrogen-bond donors (Lipinski definition) is 1. The van der Waals surface area contributed by atoms with Gasteiger partial charge in [0.2, 0.25) is 0 Å². The number of esters is 1. The molecule has 1 amide bonds. The van der Waals surface area contributed by atoms with Gasteiger partial charge in [0.1, 0.15) is 28.7 Å². The number of aryl methyl sites for hydroxylation is 2. The van der Waals surface area contributed by atoms with Crippen molar-refractivity contribution in [2.75, 3.05) is 18.1 Å². The Hall–Kier alpha value is -4.96. The quantitative estimate of drug-likeness (QED) is 0.0929. The fourth-order valence-corrected chi connectivity index (χ4v) is 5.91. The van der Waals surface area contributed by atoms with E-state index in [4.69, 9.17) is 14.2 Å². The van der Waals surface area contributed by atoms with Crippen LogP contribution in [0.5, 0.6) is 11.5 Å². The number of aliphatic hydroxyl groups excluding tert-OH is 1. The molecular formula is C34H32N2O7S. The zero-order chi connectivity index (χ0) is 31.4. The predicted molar refractivity (Wildman–Crippen MR) is 167 cm³/mol. The molecule has 0 bridgehead atoms. The van der Waals surface area contributed by atoms with Crippen molar-refractivity contribution >= 4 is 39.9 Å². The van der Waals surface area contributed by atoms with Gasteiger partial charge in [-0.1, -0.05) is 47.7 Å². The number of carbonyl (C=O) groups excluding carboxylic acids is 3. The number of Topliss-reactive ketones (excluding diaryl/α,β-unsaturated/α-hetero) is 1. The monoisotopic (exact) mass is 612 g/mol. The van der Waals surface area contributed by atoms with Gasteiger partial charge in [0.15, 0.2) is 5.13 Å². The first kappa shape index (κ1) is 30.5. The number of rotatable bonds is 10. The van der Waals surface area contributed by atoms with Crippen molar-refractivity contribution in [1.82, 2.24) is 4.98 Å². The van der Waals surface area contributed by atoms with Gasteiger partial charge in [-0.3, -0.25) is 14.5 Å². The summed E-state index contributed by atoms with van der Waals surface area (Å²) < 4.78 is 16.6. The normalized spacial score (nSPS) is 15.8. The molecule has 2 heterocycles. The average molecular weight is 613 g/mol. The molecule has 226 valence electrons. The number of ether oxygens (including phenoxy) is 3. The third-order valence-corrected chi connectivity index (χ3v) is 8.32. The zero-order valence-corrected chi connectivity index (χ0v) is 25.6. The van der Waals surface area contributed by atoms with Crippen LogP contribution >= 0.6 is 11.3 Å². The molecule has 1 aliphatic heterocycles. The molecular weight excluding hydrogens is 580 g/mol. The molecule has 1 fully saturated rings. The Balaban J connectivity index is 1.53. The summed E-state index contributed by atoms with van der Waals surface area (Å²) in [6, 6.07) is 20.5. The molecule has 0 radical (unpaired) electrons. The molecule has 4 aromatic rings. The topological polar surface area (TPSA) is 115 Å². The van der Waals surface area contributed by atoms with Crippen molar-refractivity contribution in [2.45, 2.75) is 40.3 Å². The van der Waals surface area contributed by atoms with Gasteiger partial charge >= 0.3 is 11.9 Å². The van der Waals surface area contributed by atoms with E-state index in [0.717, 1.165) is 22.5 Å². The maximum absolute atomic E-state index is 13.6. The summed E-state index contributed by atoms with van der Waals surface area (Å²) in [5.74, 6) is -1.44. The first-order valence-electron chi connectivity index (χ1n) is 14.2. The van der Waals surface area contributed by atoms with Crippen LogP contribution in [-0.4, -0.2) is 41.0 Å². The summed E-state index contributed by atoms with van der Waals surface area (Å²) in [6.07, 6.45) is 0. The number of carbonyl (C=O) groups is 3. The van der Waals surface area contributed by atoms with Crippen molar-refractivity contribution in [3.63, 3.8) is 0 Å². The summed E-state index contributed by atoms with van der Waals surface area (Å²) in [4.78, 5) is 45.6. The highest BCUT2D eigenvalue weighted by Crippen LogP contribution is 2.44. The van der Waals surface area contributed by atoms with Crippen LogP contribution in [0, 0.1) is 13.8 Å². The van der Waals surface area contributed by atoms with Gasteiger partial charge in [0.05, 0.1) is 30.5 Å². The molecule has 1 N–H and O–H groups in total. The first-order valence-corrected chi connectivity index (χ1v) is 15.0. The van der Waals surface area contributed by atoms with Crippen LogP contribution in [0.2, 0.25) is 0 Å². The SMILES string of the molecule is CCOC(=O)c1sc(N2C(=O)C(=O)C(=C(O)c3ccc(OCc4ccccc4C)cc3)C2c2ccc(OCC)cc2)nc1C. The van der Waals surface area contributed by atoms with E-state index in [1.807, 2.05) is 38.1 Å². The largest absolute Gasteiger partial charge is 0.507 e. The Morgan fingerprint density at radius 2 is 1.57 bits per heavy atom. The number of anilines is 1. The van der Waals surface area contributed by atoms with Gasteiger partial charge < -0.3 is 19.3 Å². The Morgan fingerprint density at radius 3 is 2.23 bits per heavy atom. The molecule has 1 atom stereocenters. The summed E-state index contributed by atoms with van der Waals surface area (Å²) in [5.41, 5.74) is 3.34. The molecule has 1 saturated heterocycles. The van der Waals surface area contributed by atoms with Crippen LogP contribution in [0.3, 0.4) is 0 Å². The highest BCUT2D eigenvalue weighted by atomic mass is 32.1. The fourth-order valence-electron chi connectivity index (χ4n) is 4.93. The van der Waals surface area contributed by atoms with Gasteiger partial charge in [0.25, 0.3) is 5.78 Å². The molecule has 1 aromatic heterocycles. The number of aromatic nitrogens is 1. The minimum absolute atomic E-state index is 0.0988. The molecule has 9 nitrogen and oxygen atoms in total. The van der Waals surface area contributed by atoms with Crippen molar-refractivity contribution in [3.05, 3.63) is 111 Å². The molecule has 44 heavy (non-hydrogen) atoms. The van der Waals surface area contributed by atoms with Gasteiger partial charge in [-0.2, -0.15) is 0 Å². The maximum atomic E-state index is 13.6. The van der Waals surface area contributed by atoms with Crippen LogP contribution in [-0.2, 0) is 20.9 Å². The number of hydrogen-bond acceptors (Lipinski definition) is 9. The third kappa shape index (κ3) is 6.07. The third-order valence-electron chi connectivity index (χ3n) is 7.19. The standard InChI is InChI=1S/C34H32N2O7S/c1-5-41-25-15-11-22(12-16-25)28-27(30(38)32(39)36(28)34-35-21(4)31(44-34)33(40)42-6-2)29(37)23-13-17-26(18-14-23)43-19-24-10-8-7-9-20(24)3/h7-18,28,37H,5-6,19H2,1-4H3. The molecule has 0 aliphatic carbocycles. The molecule has 3 aromatic carbocycles. The number of aliphatic hydroxyl groups is 1. The van der Waals surface area contributed by atoms with Gasteiger partial charge in [-0.15, -0.1) is 0 Å². The van der Waals surface area contributed by atoms with Crippen molar-refractivity contribution < 1.29 is 33.7 Å². The van der Waals surface area contributed by atoms with E-state index in [1.54, 1.807) is 62.4 Å². The predicted octanol–water partition coefficient (Wildman–Crippen LogP) is 6.54. The summed E-state index contributed by atoms with van der Waals surface area (Å²) in [6.45, 7) is 8.24. The molecule has 10 heteroatoms. The van der Waals surface area contributed by atoms with Crippen LogP contribution in [0.4, 0.5) is 5.13 Å². The van der Waals surface area contributed by atoms with Crippen LogP contribution in [0.15, 0.2) is 78.4 Å². The second-order valence-corrected chi connectivity index (χ2v) is 11.0. The van der Waals surface area contributed by atoms with Crippen molar-refractivity contribution in [3.8, 4) is 11.5 Å². The summed E-state index contributed by atoms with van der Waals surface area (Å²) in [7, 11) is 0. The van der Waals surface area contributed by atoms with Crippen LogP contribution in [0.25, 0.3) is 5.76 Å². The lowest BCUT2D eigenvalue weighted by molar-refractivity contribution is -0.132. The first-order chi connectivity index (χ1) is 21.2. The van der Waals surface area contributed by atoms with E-state index >= 15 is 0 Å².